The Labute approximate surface area is 221 Å². The minimum Gasteiger partial charge on any atom is -0.336 e. The minimum atomic E-state index is -4.50. The summed E-state index contributed by atoms with van der Waals surface area (Å²) in [5.74, 6) is 0.126. The van der Waals surface area contributed by atoms with Crippen LogP contribution in [0.15, 0.2) is 42.6 Å². The number of aromatic nitrogens is 1. The van der Waals surface area contributed by atoms with Gasteiger partial charge < -0.3 is 10.2 Å². The molecule has 0 radical (unpaired) electrons. The number of benzene rings is 1. The second-order valence-corrected chi connectivity index (χ2v) is 11.4. The molecule has 2 aliphatic heterocycles. The zero-order valence-electron chi connectivity index (χ0n) is 21.6. The summed E-state index contributed by atoms with van der Waals surface area (Å²) in [6.45, 7) is 12.0. The molecule has 3 heterocycles. The Kier molecular flexibility index (Phi) is 8.48. The maximum absolute atomic E-state index is 13.4. The number of alkyl halides is 3. The van der Waals surface area contributed by atoms with E-state index in [-0.39, 0.29) is 23.4 Å². The van der Waals surface area contributed by atoms with Crippen molar-refractivity contribution in [3.63, 3.8) is 0 Å². The third-order valence-electron chi connectivity index (χ3n) is 7.24. The molecule has 0 spiro atoms. The van der Waals surface area contributed by atoms with Gasteiger partial charge in [0.05, 0.1) is 12.6 Å². The average molecular weight is 538 g/mol. The van der Waals surface area contributed by atoms with E-state index in [0.29, 0.717) is 36.8 Å². The Morgan fingerprint density at radius 2 is 1.68 bits per heavy atom. The van der Waals surface area contributed by atoms with Crippen molar-refractivity contribution in [3.05, 3.63) is 64.4 Å². The van der Waals surface area contributed by atoms with Crippen LogP contribution in [0.3, 0.4) is 0 Å². The van der Waals surface area contributed by atoms with E-state index in [9.17, 15) is 18.0 Å². The zero-order valence-corrected chi connectivity index (χ0v) is 22.3. The molecular weight excluding hydrogens is 503 g/mol. The van der Waals surface area contributed by atoms with Crippen molar-refractivity contribution in [2.75, 3.05) is 52.4 Å². The van der Waals surface area contributed by atoms with Gasteiger partial charge in [-0.3, -0.25) is 19.6 Å². The molecule has 0 aliphatic carbocycles. The van der Waals surface area contributed by atoms with Crippen molar-refractivity contribution >= 4 is 17.5 Å². The number of rotatable bonds is 5. The van der Waals surface area contributed by atoms with Gasteiger partial charge in [-0.1, -0.05) is 50.6 Å². The first kappa shape index (κ1) is 27.8. The fourth-order valence-electron chi connectivity index (χ4n) is 5.22. The lowest BCUT2D eigenvalue weighted by atomic mass is 9.83. The summed E-state index contributed by atoms with van der Waals surface area (Å²) >= 11 is 6.13. The first-order valence-corrected chi connectivity index (χ1v) is 13.1. The second-order valence-electron chi connectivity index (χ2n) is 10.9. The van der Waals surface area contributed by atoms with Crippen molar-refractivity contribution in [1.29, 1.82) is 0 Å². The molecule has 2 fully saturated rings. The molecule has 2 atom stereocenters. The number of nitrogens with one attached hydrogen (secondary N) is 1. The molecule has 1 amide bonds. The highest BCUT2D eigenvalue weighted by Gasteiger charge is 2.41. The predicted molar refractivity (Wildman–Crippen MR) is 138 cm³/mol. The molecule has 6 nitrogen and oxygen atoms in total. The van der Waals surface area contributed by atoms with E-state index < -0.39 is 11.9 Å². The first-order chi connectivity index (χ1) is 17.4. The molecular formula is C27H35ClF3N5O. The summed E-state index contributed by atoms with van der Waals surface area (Å²) < 4.78 is 39.5. The van der Waals surface area contributed by atoms with Crippen LogP contribution >= 0.6 is 11.6 Å². The summed E-state index contributed by atoms with van der Waals surface area (Å²) in [7, 11) is 0. The van der Waals surface area contributed by atoms with Crippen molar-refractivity contribution in [2.45, 2.75) is 39.0 Å². The Hall–Kier alpha value is -2.20. The quantitative estimate of drug-likeness (QED) is 0.616. The lowest BCUT2D eigenvalue weighted by molar-refractivity contribution is -0.141. The van der Waals surface area contributed by atoms with Crippen molar-refractivity contribution in [3.8, 4) is 0 Å². The lowest BCUT2D eigenvalue weighted by Crippen LogP contribution is -2.62. The molecule has 1 aromatic carbocycles. The topological polar surface area (TPSA) is 51.7 Å². The highest BCUT2D eigenvalue weighted by Crippen LogP contribution is 2.36. The maximum atomic E-state index is 13.4. The van der Waals surface area contributed by atoms with Gasteiger partial charge in [-0.25, -0.2) is 0 Å². The molecule has 1 aromatic heterocycles. The lowest BCUT2D eigenvalue weighted by Gasteiger charge is -2.49. The summed E-state index contributed by atoms with van der Waals surface area (Å²) in [6.07, 6.45) is -3.18. The Bertz CT molecular complexity index is 1050. The van der Waals surface area contributed by atoms with Gasteiger partial charge in [0.15, 0.2) is 0 Å². The number of hydrogen-bond donors (Lipinski definition) is 1. The number of hydrogen-bond acceptors (Lipinski definition) is 5. The van der Waals surface area contributed by atoms with Gasteiger partial charge in [0.2, 0.25) is 5.91 Å². The second kappa shape index (κ2) is 11.3. The summed E-state index contributed by atoms with van der Waals surface area (Å²) in [5.41, 5.74) is 0.477. The molecule has 37 heavy (non-hydrogen) atoms. The molecule has 2 aliphatic rings. The fraction of sp³-hybridized carbons (Fsp3) is 0.556. The van der Waals surface area contributed by atoms with E-state index in [1.807, 2.05) is 17.0 Å². The van der Waals surface area contributed by atoms with Gasteiger partial charge in [0.1, 0.15) is 5.69 Å². The normalized spacial score (nSPS) is 21.2. The van der Waals surface area contributed by atoms with Crippen LogP contribution in [0, 0.1) is 5.41 Å². The summed E-state index contributed by atoms with van der Waals surface area (Å²) in [5, 5.41) is 3.90. The van der Waals surface area contributed by atoms with Crippen molar-refractivity contribution < 1.29 is 18.0 Å². The van der Waals surface area contributed by atoms with E-state index in [0.717, 1.165) is 37.8 Å². The van der Waals surface area contributed by atoms with Gasteiger partial charge in [-0.15, -0.1) is 0 Å². The highest BCUT2D eigenvalue weighted by molar-refractivity contribution is 6.30. The van der Waals surface area contributed by atoms with Gasteiger partial charge in [0.25, 0.3) is 0 Å². The Balaban J connectivity index is 1.61. The van der Waals surface area contributed by atoms with Gasteiger partial charge in [-0.05, 0) is 34.7 Å². The monoisotopic (exact) mass is 537 g/mol. The fourth-order valence-corrected chi connectivity index (χ4v) is 5.35. The van der Waals surface area contributed by atoms with E-state index in [2.05, 4.69) is 40.9 Å². The zero-order chi connectivity index (χ0) is 26.8. The SMILES string of the molecule is CC(C)(C)[C@H]1CN(C(c2ccc(Cl)cc2)c2ccc(C(F)(F)F)nc2)CCN1C(=O)CN1CCNCC1. The van der Waals surface area contributed by atoms with Gasteiger partial charge in [0, 0.05) is 63.1 Å². The van der Waals surface area contributed by atoms with Gasteiger partial charge in [-0.2, -0.15) is 13.2 Å². The number of piperazine rings is 2. The summed E-state index contributed by atoms with van der Waals surface area (Å²) in [6, 6.07) is 9.54. The minimum absolute atomic E-state index is 0.0612. The highest BCUT2D eigenvalue weighted by atomic mass is 35.5. The van der Waals surface area contributed by atoms with Crippen LogP contribution in [0.2, 0.25) is 5.02 Å². The molecule has 4 rings (SSSR count). The van der Waals surface area contributed by atoms with Crippen molar-refractivity contribution in [1.82, 2.24) is 25.0 Å². The molecule has 2 saturated heterocycles. The number of carbonyl (C=O) groups excluding carboxylic acids is 1. The molecule has 10 heteroatoms. The van der Waals surface area contributed by atoms with Crippen LogP contribution in [0.5, 0.6) is 0 Å². The summed E-state index contributed by atoms with van der Waals surface area (Å²) in [4.78, 5) is 23.6. The number of nitrogens with zero attached hydrogens (tertiary/aromatic N) is 4. The first-order valence-electron chi connectivity index (χ1n) is 12.7. The van der Waals surface area contributed by atoms with Crippen LogP contribution in [0.25, 0.3) is 0 Å². The molecule has 1 unspecified atom stereocenters. The number of halogens is 4. The van der Waals surface area contributed by atoms with Crippen LogP contribution in [-0.2, 0) is 11.0 Å². The largest absolute Gasteiger partial charge is 0.433 e. The number of pyridine rings is 1. The molecule has 0 bridgehead atoms. The predicted octanol–water partition coefficient (Wildman–Crippen LogP) is 4.31. The smallest absolute Gasteiger partial charge is 0.336 e. The number of amides is 1. The van der Waals surface area contributed by atoms with E-state index in [1.165, 1.54) is 12.3 Å². The number of carbonyl (C=O) groups is 1. The van der Waals surface area contributed by atoms with Crippen LogP contribution in [0.1, 0.15) is 43.6 Å². The Morgan fingerprint density at radius 3 is 2.24 bits per heavy atom. The average Bonchev–Trinajstić information content (AvgIpc) is 2.85. The van der Waals surface area contributed by atoms with E-state index in [1.54, 1.807) is 12.1 Å². The van der Waals surface area contributed by atoms with Crippen LogP contribution < -0.4 is 5.32 Å². The van der Waals surface area contributed by atoms with Crippen molar-refractivity contribution in [2.24, 2.45) is 5.41 Å². The molecule has 202 valence electrons. The third kappa shape index (κ3) is 6.82. The van der Waals surface area contributed by atoms with Crippen LogP contribution in [0.4, 0.5) is 13.2 Å². The molecule has 1 N–H and O–H groups in total. The van der Waals surface area contributed by atoms with E-state index >= 15 is 0 Å². The third-order valence-corrected chi connectivity index (χ3v) is 7.50. The Morgan fingerprint density at radius 1 is 1.03 bits per heavy atom. The molecule has 0 saturated carbocycles. The van der Waals surface area contributed by atoms with Gasteiger partial charge >= 0.3 is 6.18 Å². The van der Waals surface area contributed by atoms with E-state index in [4.69, 9.17) is 11.6 Å². The van der Waals surface area contributed by atoms with Crippen LogP contribution in [-0.4, -0.2) is 84.0 Å². The molecule has 2 aromatic rings. The maximum Gasteiger partial charge on any atom is 0.433 e. The standard InChI is InChI=1S/C27H35ClF3N5O/c1-26(2,3)23-17-35(14-15-36(23)24(37)18-34-12-10-32-11-13-34)25(19-4-7-21(28)8-5-19)20-6-9-22(33-16-20)27(29,30)31/h4-9,16,23,25,32H,10-15,17-18H2,1-3H3/t23-,25?/m1/s1.